The van der Waals surface area contributed by atoms with E-state index < -0.39 is 0 Å². The number of hydrogen-bond acceptors (Lipinski definition) is 3. The van der Waals surface area contributed by atoms with Crippen molar-refractivity contribution in [3.8, 4) is 0 Å². The molecular formula is C15H11BrClN5. The third kappa shape index (κ3) is 2.15. The van der Waals surface area contributed by atoms with E-state index in [2.05, 4.69) is 36.2 Å². The third-order valence-electron chi connectivity index (χ3n) is 3.58. The number of aromatic nitrogens is 4. The number of H-pyrrole nitrogens is 1. The lowest BCUT2D eigenvalue weighted by atomic mass is 10.3. The van der Waals surface area contributed by atoms with Gasteiger partial charge in [0, 0.05) is 17.7 Å². The van der Waals surface area contributed by atoms with E-state index in [4.69, 9.17) is 11.6 Å². The summed E-state index contributed by atoms with van der Waals surface area (Å²) in [4.78, 5) is 12.1. The Labute approximate surface area is 139 Å². The van der Waals surface area contributed by atoms with Crippen molar-refractivity contribution in [2.24, 2.45) is 7.05 Å². The van der Waals surface area contributed by atoms with Gasteiger partial charge in [-0.25, -0.2) is 9.97 Å². The normalized spacial score (nSPS) is 11.4. The van der Waals surface area contributed by atoms with Gasteiger partial charge in [-0.3, -0.25) is 0 Å². The number of rotatable bonds is 2. The van der Waals surface area contributed by atoms with Crippen LogP contribution in [0.5, 0.6) is 0 Å². The van der Waals surface area contributed by atoms with Gasteiger partial charge in [-0.1, -0.05) is 27.5 Å². The minimum absolute atomic E-state index is 0.462. The first kappa shape index (κ1) is 13.6. The number of benzene rings is 1. The molecule has 22 heavy (non-hydrogen) atoms. The van der Waals surface area contributed by atoms with Crippen molar-refractivity contribution in [2.75, 3.05) is 5.32 Å². The number of halogens is 2. The number of fused-ring (bicyclic) bond motifs is 2. The van der Waals surface area contributed by atoms with Gasteiger partial charge in [0.05, 0.1) is 22.2 Å². The van der Waals surface area contributed by atoms with Gasteiger partial charge < -0.3 is 14.9 Å². The van der Waals surface area contributed by atoms with E-state index in [1.807, 2.05) is 42.1 Å². The average molecular weight is 377 g/mol. The van der Waals surface area contributed by atoms with Crippen LogP contribution in [0.3, 0.4) is 0 Å². The van der Waals surface area contributed by atoms with Gasteiger partial charge >= 0.3 is 0 Å². The van der Waals surface area contributed by atoms with Crippen molar-refractivity contribution in [2.45, 2.75) is 0 Å². The van der Waals surface area contributed by atoms with Crippen LogP contribution in [0.25, 0.3) is 22.1 Å². The van der Waals surface area contributed by atoms with E-state index in [1.165, 1.54) is 0 Å². The van der Waals surface area contributed by atoms with Crippen molar-refractivity contribution >= 4 is 61.2 Å². The molecule has 1 aromatic carbocycles. The standard InChI is InChI=1S/C15H11BrClN5/c1-22-12-6-8(16)2-3-9(12)19-15(22)20-11-7-18-10-4-5-13(17)21-14(10)11/h2-7,18H,1H3,(H,19,20). The molecule has 0 aliphatic heterocycles. The lowest BCUT2D eigenvalue weighted by molar-refractivity contribution is 0.958. The summed E-state index contributed by atoms with van der Waals surface area (Å²) >= 11 is 9.47. The second-order valence-corrected chi connectivity index (χ2v) is 6.29. The summed E-state index contributed by atoms with van der Waals surface area (Å²) in [5, 5.41) is 3.78. The van der Waals surface area contributed by atoms with Crippen LogP contribution >= 0.6 is 27.5 Å². The predicted molar refractivity (Wildman–Crippen MR) is 92.8 cm³/mol. The lowest BCUT2D eigenvalue weighted by Crippen LogP contribution is -1.98. The molecule has 0 aliphatic carbocycles. The zero-order chi connectivity index (χ0) is 15.3. The van der Waals surface area contributed by atoms with Gasteiger partial charge in [0.15, 0.2) is 0 Å². The van der Waals surface area contributed by atoms with Gasteiger partial charge in [0.1, 0.15) is 10.7 Å². The summed E-state index contributed by atoms with van der Waals surface area (Å²) in [6, 6.07) is 9.66. The molecule has 110 valence electrons. The van der Waals surface area contributed by atoms with Gasteiger partial charge in [0.2, 0.25) is 5.95 Å². The van der Waals surface area contributed by atoms with Crippen LogP contribution in [0.2, 0.25) is 5.15 Å². The first-order valence-electron chi connectivity index (χ1n) is 6.64. The molecule has 3 heterocycles. The summed E-state index contributed by atoms with van der Waals surface area (Å²) in [7, 11) is 1.97. The highest BCUT2D eigenvalue weighted by molar-refractivity contribution is 9.10. The van der Waals surface area contributed by atoms with Crippen molar-refractivity contribution in [1.29, 1.82) is 0 Å². The summed E-state index contributed by atoms with van der Waals surface area (Å²) in [5.74, 6) is 0.746. The molecule has 4 aromatic rings. The minimum Gasteiger partial charge on any atom is -0.358 e. The SMILES string of the molecule is Cn1c(Nc2c[nH]c3ccc(Cl)nc23)nc2ccc(Br)cc21. The molecule has 0 unspecified atom stereocenters. The second-order valence-electron chi connectivity index (χ2n) is 4.98. The fourth-order valence-corrected chi connectivity index (χ4v) is 2.96. The molecule has 0 bridgehead atoms. The van der Waals surface area contributed by atoms with Gasteiger partial charge in [0.25, 0.3) is 0 Å². The highest BCUT2D eigenvalue weighted by atomic mass is 79.9. The Morgan fingerprint density at radius 3 is 2.95 bits per heavy atom. The Bertz CT molecular complexity index is 1000. The van der Waals surface area contributed by atoms with E-state index in [9.17, 15) is 0 Å². The van der Waals surface area contributed by atoms with E-state index in [0.29, 0.717) is 5.15 Å². The van der Waals surface area contributed by atoms with Crippen molar-refractivity contribution in [3.05, 3.63) is 46.2 Å². The number of nitrogens with zero attached hydrogens (tertiary/aromatic N) is 3. The van der Waals surface area contributed by atoms with E-state index >= 15 is 0 Å². The van der Waals surface area contributed by atoms with Crippen LogP contribution in [0.1, 0.15) is 0 Å². The highest BCUT2D eigenvalue weighted by Gasteiger charge is 2.11. The largest absolute Gasteiger partial charge is 0.358 e. The Morgan fingerprint density at radius 2 is 2.09 bits per heavy atom. The molecular weight excluding hydrogens is 366 g/mol. The minimum atomic E-state index is 0.462. The second kappa shape index (κ2) is 5.00. The highest BCUT2D eigenvalue weighted by Crippen LogP contribution is 2.28. The van der Waals surface area contributed by atoms with E-state index in [-0.39, 0.29) is 0 Å². The van der Waals surface area contributed by atoms with Crippen LogP contribution in [0.15, 0.2) is 41.0 Å². The summed E-state index contributed by atoms with van der Waals surface area (Å²) < 4.78 is 3.03. The first-order chi connectivity index (χ1) is 10.6. The van der Waals surface area contributed by atoms with E-state index in [1.54, 1.807) is 6.07 Å². The maximum Gasteiger partial charge on any atom is 0.208 e. The first-order valence-corrected chi connectivity index (χ1v) is 7.81. The predicted octanol–water partition coefficient (Wildman–Crippen LogP) is 4.61. The van der Waals surface area contributed by atoms with Gasteiger partial charge in [-0.15, -0.1) is 0 Å². The fourth-order valence-electron chi connectivity index (χ4n) is 2.47. The monoisotopic (exact) mass is 375 g/mol. The molecule has 0 saturated carbocycles. The van der Waals surface area contributed by atoms with Crippen LogP contribution < -0.4 is 5.32 Å². The van der Waals surface area contributed by atoms with Crippen LogP contribution in [0, 0.1) is 0 Å². The Balaban J connectivity index is 1.82. The molecule has 0 fully saturated rings. The topological polar surface area (TPSA) is 58.5 Å². The Morgan fingerprint density at radius 1 is 1.23 bits per heavy atom. The van der Waals surface area contributed by atoms with Crippen LogP contribution in [0.4, 0.5) is 11.6 Å². The summed E-state index contributed by atoms with van der Waals surface area (Å²) in [6.45, 7) is 0. The van der Waals surface area contributed by atoms with Crippen molar-refractivity contribution < 1.29 is 0 Å². The molecule has 7 heteroatoms. The van der Waals surface area contributed by atoms with Crippen LogP contribution in [-0.4, -0.2) is 19.5 Å². The molecule has 0 spiro atoms. The number of aromatic amines is 1. The molecule has 3 aromatic heterocycles. The lowest BCUT2D eigenvalue weighted by Gasteiger charge is -2.04. The third-order valence-corrected chi connectivity index (χ3v) is 4.28. The number of nitrogens with one attached hydrogen (secondary N) is 2. The number of pyridine rings is 1. The van der Waals surface area contributed by atoms with Crippen LogP contribution in [-0.2, 0) is 7.05 Å². The summed E-state index contributed by atoms with van der Waals surface area (Å²) in [6.07, 6.45) is 1.86. The summed E-state index contributed by atoms with van der Waals surface area (Å²) in [5.41, 5.74) is 4.53. The quantitative estimate of drug-likeness (QED) is 0.502. The van der Waals surface area contributed by atoms with Gasteiger partial charge in [-0.05, 0) is 30.3 Å². The Hall–Kier alpha value is -2.05. The molecule has 4 rings (SSSR count). The molecule has 0 saturated heterocycles. The van der Waals surface area contributed by atoms with Crippen molar-refractivity contribution in [1.82, 2.24) is 19.5 Å². The van der Waals surface area contributed by atoms with E-state index in [0.717, 1.165) is 38.2 Å². The fraction of sp³-hybridized carbons (Fsp3) is 0.0667. The average Bonchev–Trinajstić information content (AvgIpc) is 3.02. The number of aryl methyl sites for hydroxylation is 1. The molecule has 0 aliphatic rings. The van der Waals surface area contributed by atoms with Crippen molar-refractivity contribution in [3.63, 3.8) is 0 Å². The number of hydrogen-bond donors (Lipinski definition) is 2. The Kier molecular flexibility index (Phi) is 3.09. The maximum atomic E-state index is 5.98. The van der Waals surface area contributed by atoms with Gasteiger partial charge in [-0.2, -0.15) is 0 Å². The number of imidazole rings is 1. The molecule has 0 atom stereocenters. The smallest absolute Gasteiger partial charge is 0.208 e. The molecule has 0 radical (unpaired) electrons. The number of anilines is 2. The molecule has 5 nitrogen and oxygen atoms in total. The zero-order valence-corrected chi connectivity index (χ0v) is 13.9. The zero-order valence-electron chi connectivity index (χ0n) is 11.6. The molecule has 0 amide bonds. The maximum absolute atomic E-state index is 5.98. The molecule has 2 N–H and O–H groups in total.